The third kappa shape index (κ3) is 1.38. The third-order valence-electron chi connectivity index (χ3n) is 1.83. The molecule has 2 aromatic rings. The molecule has 2 rings (SSSR count). The summed E-state index contributed by atoms with van der Waals surface area (Å²) < 4.78 is 0. The van der Waals surface area contributed by atoms with Crippen LogP contribution < -0.4 is 0 Å². The fourth-order valence-electron chi connectivity index (χ4n) is 1.11. The van der Waals surface area contributed by atoms with Crippen molar-refractivity contribution in [3.05, 3.63) is 36.2 Å². The zero-order chi connectivity index (χ0) is 9.26. The Morgan fingerprint density at radius 2 is 1.92 bits per heavy atom. The van der Waals surface area contributed by atoms with E-state index in [1.165, 1.54) is 4.80 Å². The zero-order valence-corrected chi connectivity index (χ0v) is 7.18. The van der Waals surface area contributed by atoms with Gasteiger partial charge in [0.2, 0.25) is 0 Å². The summed E-state index contributed by atoms with van der Waals surface area (Å²) in [5.41, 5.74) is 1.66. The van der Waals surface area contributed by atoms with Gasteiger partial charge in [0.05, 0.1) is 18.1 Å². The van der Waals surface area contributed by atoms with Crippen molar-refractivity contribution in [2.75, 3.05) is 0 Å². The highest BCUT2D eigenvalue weighted by molar-refractivity contribution is 5.41. The molecule has 0 fully saturated rings. The number of phenols is 1. The average Bonchev–Trinajstić information content (AvgIpc) is 2.62. The van der Waals surface area contributed by atoms with Gasteiger partial charge in [-0.05, 0) is 30.7 Å². The number of aromatic hydroxyl groups is 1. The van der Waals surface area contributed by atoms with Crippen molar-refractivity contribution >= 4 is 0 Å². The molecule has 0 aliphatic heterocycles. The van der Waals surface area contributed by atoms with Crippen LogP contribution in [0.15, 0.2) is 30.6 Å². The first-order valence-electron chi connectivity index (χ1n) is 3.93. The van der Waals surface area contributed by atoms with Gasteiger partial charge < -0.3 is 5.11 Å². The molecule has 0 unspecified atom stereocenters. The van der Waals surface area contributed by atoms with Crippen LogP contribution >= 0.6 is 0 Å². The standard InChI is InChI=1S/C9H9N3O/c1-7-6-8(2-3-9(7)13)12-10-4-5-11-12/h2-6,13H,1H3. The number of rotatable bonds is 1. The Morgan fingerprint density at radius 1 is 1.23 bits per heavy atom. The smallest absolute Gasteiger partial charge is 0.118 e. The maximum absolute atomic E-state index is 9.29. The van der Waals surface area contributed by atoms with E-state index in [9.17, 15) is 5.11 Å². The second-order valence-corrected chi connectivity index (χ2v) is 2.79. The first kappa shape index (κ1) is 7.79. The van der Waals surface area contributed by atoms with E-state index in [1.54, 1.807) is 24.5 Å². The van der Waals surface area contributed by atoms with Crippen LogP contribution in [0.1, 0.15) is 5.56 Å². The lowest BCUT2D eigenvalue weighted by atomic mass is 10.2. The second kappa shape index (κ2) is 2.90. The summed E-state index contributed by atoms with van der Waals surface area (Å²) in [6.45, 7) is 1.84. The van der Waals surface area contributed by atoms with Crippen LogP contribution in [0.4, 0.5) is 0 Å². The molecule has 0 atom stereocenters. The van der Waals surface area contributed by atoms with Gasteiger partial charge in [0, 0.05) is 0 Å². The maximum atomic E-state index is 9.29. The molecule has 0 spiro atoms. The number of benzene rings is 1. The van der Waals surface area contributed by atoms with Crippen LogP contribution in [-0.2, 0) is 0 Å². The highest BCUT2D eigenvalue weighted by Gasteiger charge is 2.00. The number of aromatic nitrogens is 3. The molecule has 1 heterocycles. The summed E-state index contributed by atoms with van der Waals surface area (Å²) in [5.74, 6) is 0.288. The van der Waals surface area contributed by atoms with Gasteiger partial charge in [-0.25, -0.2) is 0 Å². The van der Waals surface area contributed by atoms with Gasteiger partial charge in [0.1, 0.15) is 5.75 Å². The molecule has 1 aromatic carbocycles. The van der Waals surface area contributed by atoms with Crippen molar-refractivity contribution in [3.8, 4) is 11.4 Å². The van der Waals surface area contributed by atoms with Crippen molar-refractivity contribution in [1.29, 1.82) is 0 Å². The topological polar surface area (TPSA) is 50.9 Å². The Kier molecular flexibility index (Phi) is 1.73. The Balaban J connectivity index is 2.49. The van der Waals surface area contributed by atoms with E-state index in [0.29, 0.717) is 0 Å². The van der Waals surface area contributed by atoms with Gasteiger partial charge in [-0.3, -0.25) is 0 Å². The van der Waals surface area contributed by atoms with Crippen LogP contribution in [-0.4, -0.2) is 20.1 Å². The van der Waals surface area contributed by atoms with Gasteiger partial charge in [-0.2, -0.15) is 15.0 Å². The van der Waals surface area contributed by atoms with Crippen LogP contribution in [0.2, 0.25) is 0 Å². The van der Waals surface area contributed by atoms with Crippen LogP contribution in [0, 0.1) is 6.92 Å². The maximum Gasteiger partial charge on any atom is 0.118 e. The van der Waals surface area contributed by atoms with Crippen LogP contribution in [0.5, 0.6) is 5.75 Å². The summed E-state index contributed by atoms with van der Waals surface area (Å²) in [6.07, 6.45) is 3.23. The summed E-state index contributed by atoms with van der Waals surface area (Å²) >= 11 is 0. The second-order valence-electron chi connectivity index (χ2n) is 2.79. The van der Waals surface area contributed by atoms with E-state index in [0.717, 1.165) is 11.3 Å². The quantitative estimate of drug-likeness (QED) is 0.710. The summed E-state index contributed by atoms with van der Waals surface area (Å²) in [4.78, 5) is 1.51. The van der Waals surface area contributed by atoms with Crippen LogP contribution in [0.3, 0.4) is 0 Å². The highest BCUT2D eigenvalue weighted by atomic mass is 16.3. The highest BCUT2D eigenvalue weighted by Crippen LogP contribution is 2.18. The molecule has 4 heteroatoms. The molecule has 1 N–H and O–H groups in total. The molecule has 1 aromatic heterocycles. The van der Waals surface area contributed by atoms with Gasteiger partial charge in [0.15, 0.2) is 0 Å². The van der Waals surface area contributed by atoms with Crippen LogP contribution in [0.25, 0.3) is 5.69 Å². The minimum Gasteiger partial charge on any atom is -0.508 e. The molecule has 0 aliphatic carbocycles. The van der Waals surface area contributed by atoms with E-state index in [2.05, 4.69) is 10.2 Å². The minimum atomic E-state index is 0.288. The number of hydrogen-bond acceptors (Lipinski definition) is 3. The fraction of sp³-hybridized carbons (Fsp3) is 0.111. The Hall–Kier alpha value is -1.84. The third-order valence-corrected chi connectivity index (χ3v) is 1.83. The van der Waals surface area contributed by atoms with Crippen molar-refractivity contribution in [2.45, 2.75) is 6.92 Å². The molecular weight excluding hydrogens is 166 g/mol. The van der Waals surface area contributed by atoms with E-state index in [-0.39, 0.29) is 5.75 Å². The molecule has 0 radical (unpaired) electrons. The van der Waals surface area contributed by atoms with Gasteiger partial charge in [0.25, 0.3) is 0 Å². The van der Waals surface area contributed by atoms with Crippen molar-refractivity contribution in [1.82, 2.24) is 15.0 Å². The predicted molar refractivity (Wildman–Crippen MR) is 47.8 cm³/mol. The molecule has 66 valence electrons. The Morgan fingerprint density at radius 3 is 2.54 bits per heavy atom. The zero-order valence-electron chi connectivity index (χ0n) is 7.18. The van der Waals surface area contributed by atoms with Crippen molar-refractivity contribution in [2.24, 2.45) is 0 Å². The molecule has 0 aliphatic rings. The van der Waals surface area contributed by atoms with Crippen molar-refractivity contribution in [3.63, 3.8) is 0 Å². The molecular formula is C9H9N3O. The molecule has 0 saturated carbocycles. The largest absolute Gasteiger partial charge is 0.508 e. The molecule has 13 heavy (non-hydrogen) atoms. The monoisotopic (exact) mass is 175 g/mol. The SMILES string of the molecule is Cc1cc(-n2nccn2)ccc1O. The summed E-state index contributed by atoms with van der Waals surface area (Å²) in [6, 6.07) is 5.23. The molecule has 4 nitrogen and oxygen atoms in total. The molecule has 0 amide bonds. The lowest BCUT2D eigenvalue weighted by molar-refractivity contribution is 0.471. The Bertz CT molecular complexity index is 409. The molecule has 0 saturated heterocycles. The summed E-state index contributed by atoms with van der Waals surface area (Å²) in [5, 5.41) is 17.3. The van der Waals surface area contributed by atoms with Gasteiger partial charge in [-0.15, -0.1) is 0 Å². The number of aryl methyl sites for hydroxylation is 1. The van der Waals surface area contributed by atoms with E-state index >= 15 is 0 Å². The first-order chi connectivity index (χ1) is 6.27. The Labute approximate surface area is 75.4 Å². The number of nitrogens with zero attached hydrogens (tertiary/aromatic N) is 3. The van der Waals surface area contributed by atoms with E-state index in [4.69, 9.17) is 0 Å². The predicted octanol–water partition coefficient (Wildman–Crippen LogP) is 1.28. The number of hydrogen-bond donors (Lipinski definition) is 1. The normalized spacial score (nSPS) is 10.2. The summed E-state index contributed by atoms with van der Waals surface area (Å²) in [7, 11) is 0. The lowest BCUT2D eigenvalue weighted by Crippen LogP contribution is -1.98. The minimum absolute atomic E-state index is 0.288. The van der Waals surface area contributed by atoms with E-state index < -0.39 is 0 Å². The molecule has 0 bridgehead atoms. The van der Waals surface area contributed by atoms with Gasteiger partial charge >= 0.3 is 0 Å². The first-order valence-corrected chi connectivity index (χ1v) is 3.93. The van der Waals surface area contributed by atoms with E-state index in [1.807, 2.05) is 13.0 Å². The lowest BCUT2D eigenvalue weighted by Gasteiger charge is -2.02. The fourth-order valence-corrected chi connectivity index (χ4v) is 1.11. The van der Waals surface area contributed by atoms with Gasteiger partial charge in [-0.1, -0.05) is 0 Å². The number of phenolic OH excluding ortho intramolecular Hbond substituents is 1. The average molecular weight is 175 g/mol. The van der Waals surface area contributed by atoms with Crippen molar-refractivity contribution < 1.29 is 5.11 Å².